The number of fused-ring (bicyclic) bond motifs is 5. The van der Waals surface area contributed by atoms with Crippen LogP contribution in [0, 0.1) is 5.41 Å². The van der Waals surface area contributed by atoms with Crippen LogP contribution in [0.3, 0.4) is 0 Å². The minimum atomic E-state index is -0.404. The molecule has 224 valence electrons. The Morgan fingerprint density at radius 1 is 0.778 bits per heavy atom. The van der Waals surface area contributed by atoms with Gasteiger partial charge in [-0.3, -0.25) is 0 Å². The fourth-order valence-electron chi connectivity index (χ4n) is 7.01. The van der Waals surface area contributed by atoms with Gasteiger partial charge in [0, 0.05) is 0 Å². The van der Waals surface area contributed by atoms with Crippen LogP contribution < -0.4 is 26.7 Å². The molecule has 3 heterocycles. The second-order valence-electron chi connectivity index (χ2n) is 12.7. The summed E-state index contributed by atoms with van der Waals surface area (Å²) in [4.78, 5) is 32.5. The second kappa shape index (κ2) is 10.1. The van der Waals surface area contributed by atoms with Crippen LogP contribution in [0.4, 0.5) is 17.1 Å². The molecule has 5 aromatic rings. The molecule has 0 bridgehead atoms. The molecule has 0 saturated heterocycles. The minimum absolute atomic E-state index is 0.0607. The molecule has 0 unspecified atom stereocenters. The van der Waals surface area contributed by atoms with Gasteiger partial charge in [0.2, 0.25) is 0 Å². The van der Waals surface area contributed by atoms with Gasteiger partial charge in [0.05, 0.1) is 0 Å². The SMILES string of the molecule is Cn1c(=O)c(=Cc2cc3c([se]2)C(C)(C)c2cc(N4c5ccccc5C(C)(C)c5ccccc54)ccc2-3)c(=O)n(C)c1=C=NC=N. The van der Waals surface area contributed by atoms with Gasteiger partial charge >= 0.3 is 268 Å². The molecular formula is C37H33N5O2Se. The van der Waals surface area contributed by atoms with Crippen LogP contribution >= 0.6 is 0 Å². The van der Waals surface area contributed by atoms with Gasteiger partial charge in [0.25, 0.3) is 0 Å². The average Bonchev–Trinajstić information content (AvgIpc) is 3.55. The first-order valence-electron chi connectivity index (χ1n) is 14.8. The third-order valence-electron chi connectivity index (χ3n) is 9.40. The number of para-hydroxylation sites is 2. The standard InChI is InChI=1S/C37H33N5O2Se/c1-36(2)27-11-7-9-13-30(27)42(31-14-10-8-12-28(31)36)22-15-16-24-25-18-23(45-33(25)37(3,4)29(24)17-22)19-26-34(43)40(5)32(20-39-21-38)41(6)35(26)44/h7-19,21,38H,1-6H3. The number of hydrogen-bond donors (Lipinski definition) is 1. The summed E-state index contributed by atoms with van der Waals surface area (Å²) in [6, 6.07) is 26.4. The molecule has 1 aliphatic carbocycles. The quantitative estimate of drug-likeness (QED) is 0.178. The molecular weight excluding hydrogens is 625 g/mol. The number of nitrogens with one attached hydrogen (secondary N) is 1. The number of rotatable bonds is 3. The maximum absolute atomic E-state index is 13.2. The zero-order chi connectivity index (χ0) is 31.8. The van der Waals surface area contributed by atoms with Gasteiger partial charge in [-0.15, -0.1) is 0 Å². The van der Waals surface area contributed by atoms with Crippen LogP contribution in [0.25, 0.3) is 17.2 Å². The third kappa shape index (κ3) is 4.17. The van der Waals surface area contributed by atoms with Crippen molar-refractivity contribution in [3.8, 4) is 11.1 Å². The molecule has 3 aromatic carbocycles. The summed E-state index contributed by atoms with van der Waals surface area (Å²) >= 11 is -0.0607. The molecule has 2 aromatic heterocycles. The summed E-state index contributed by atoms with van der Waals surface area (Å²) in [7, 11) is 3.18. The van der Waals surface area contributed by atoms with Crippen LogP contribution in [0.2, 0.25) is 0 Å². The predicted octanol–water partition coefficient (Wildman–Crippen LogP) is 4.33. The average molecular weight is 659 g/mol. The molecule has 8 heteroatoms. The molecule has 0 spiro atoms. The van der Waals surface area contributed by atoms with Gasteiger partial charge in [0.1, 0.15) is 0 Å². The van der Waals surface area contributed by atoms with Gasteiger partial charge in [0.15, 0.2) is 0 Å². The van der Waals surface area contributed by atoms with E-state index in [1.165, 1.54) is 52.8 Å². The summed E-state index contributed by atoms with van der Waals surface area (Å²) in [5.74, 6) is 2.60. The molecule has 0 radical (unpaired) electrons. The Morgan fingerprint density at radius 2 is 1.38 bits per heavy atom. The number of anilines is 3. The molecule has 2 aliphatic rings. The van der Waals surface area contributed by atoms with E-state index in [0.717, 1.165) is 16.5 Å². The molecule has 45 heavy (non-hydrogen) atoms. The molecule has 0 saturated carbocycles. The number of hydrogen-bond acceptors (Lipinski definition) is 4. The normalized spacial score (nSPS) is 14.9. The Morgan fingerprint density at radius 3 is 1.98 bits per heavy atom. The van der Waals surface area contributed by atoms with E-state index < -0.39 is 11.1 Å². The number of aromatic nitrogens is 2. The zero-order valence-electron chi connectivity index (χ0n) is 26.1. The first kappa shape index (κ1) is 29.0. The van der Waals surface area contributed by atoms with Gasteiger partial charge in [-0.1, -0.05) is 0 Å². The topological polar surface area (TPSA) is 83.5 Å². The van der Waals surface area contributed by atoms with Crippen LogP contribution in [0.1, 0.15) is 53.3 Å². The van der Waals surface area contributed by atoms with Crippen molar-refractivity contribution in [2.24, 2.45) is 19.1 Å². The summed E-state index contributed by atoms with van der Waals surface area (Å²) in [6.07, 6.45) is 2.58. The molecule has 0 amide bonds. The van der Waals surface area contributed by atoms with E-state index in [-0.39, 0.29) is 36.0 Å². The molecule has 0 atom stereocenters. The van der Waals surface area contributed by atoms with Crippen molar-refractivity contribution in [2.45, 2.75) is 38.5 Å². The van der Waals surface area contributed by atoms with Crippen molar-refractivity contribution >= 4 is 49.9 Å². The molecule has 7 nitrogen and oxygen atoms in total. The Labute approximate surface area is 267 Å². The van der Waals surface area contributed by atoms with E-state index in [0.29, 0.717) is 0 Å². The van der Waals surface area contributed by atoms with Crippen LogP contribution in [-0.4, -0.2) is 35.8 Å². The third-order valence-corrected chi connectivity index (χ3v) is 12.4. The fourth-order valence-corrected chi connectivity index (χ4v) is 9.60. The molecule has 1 aliphatic heterocycles. The first-order valence-corrected chi connectivity index (χ1v) is 16.6. The Hall–Kier alpha value is -4.74. The maximum atomic E-state index is 13.2. The summed E-state index contributed by atoms with van der Waals surface area (Å²) in [5, 5.41) is 7.25. The van der Waals surface area contributed by atoms with Crippen molar-refractivity contribution in [1.82, 2.24) is 9.13 Å². The number of benzene rings is 3. The van der Waals surface area contributed by atoms with E-state index in [1.807, 2.05) is 0 Å². The Balaban J connectivity index is 1.37. The second-order valence-corrected chi connectivity index (χ2v) is 15.0. The van der Waals surface area contributed by atoms with Gasteiger partial charge < -0.3 is 0 Å². The fraction of sp³-hybridized carbons (Fsp3) is 0.216. The van der Waals surface area contributed by atoms with Crippen molar-refractivity contribution in [2.75, 3.05) is 4.90 Å². The van der Waals surface area contributed by atoms with E-state index in [2.05, 4.69) is 116 Å². The van der Waals surface area contributed by atoms with Crippen molar-refractivity contribution in [3.63, 3.8) is 0 Å². The van der Waals surface area contributed by atoms with Crippen LogP contribution in [0.5, 0.6) is 0 Å². The molecule has 7 rings (SSSR count). The Bertz CT molecular complexity index is 2270. The van der Waals surface area contributed by atoms with E-state index in [1.54, 1.807) is 20.2 Å². The van der Waals surface area contributed by atoms with E-state index in [4.69, 9.17) is 5.41 Å². The summed E-state index contributed by atoms with van der Waals surface area (Å²) < 4.78 is 5.05. The molecule has 0 fully saturated rings. The van der Waals surface area contributed by atoms with Crippen molar-refractivity contribution < 1.29 is 0 Å². The first-order chi connectivity index (χ1) is 21.5. The monoisotopic (exact) mass is 659 g/mol. The Kier molecular flexibility index (Phi) is 6.54. The van der Waals surface area contributed by atoms with Gasteiger partial charge in [-0.25, -0.2) is 0 Å². The number of nitrogens with zero attached hydrogens (tertiary/aromatic N) is 4. The van der Waals surface area contributed by atoms with E-state index in [9.17, 15) is 9.59 Å². The van der Waals surface area contributed by atoms with Crippen molar-refractivity contribution in [1.29, 1.82) is 5.41 Å². The number of aliphatic imine (C=N–C) groups is 1. The van der Waals surface area contributed by atoms with Crippen LogP contribution in [0.15, 0.2) is 87.4 Å². The van der Waals surface area contributed by atoms with Gasteiger partial charge in [-0.05, 0) is 0 Å². The summed E-state index contributed by atoms with van der Waals surface area (Å²) in [5.41, 5.74) is 8.93. The zero-order valence-corrected chi connectivity index (χ0v) is 27.8. The molecule has 1 N–H and O–H groups in total. The van der Waals surface area contributed by atoms with Crippen LogP contribution in [-0.2, 0) is 24.9 Å². The van der Waals surface area contributed by atoms with Gasteiger partial charge in [-0.2, -0.15) is 0 Å². The van der Waals surface area contributed by atoms with E-state index >= 15 is 0 Å². The van der Waals surface area contributed by atoms with Crippen molar-refractivity contribution in [3.05, 3.63) is 130 Å². The predicted molar refractivity (Wildman–Crippen MR) is 183 cm³/mol. The summed E-state index contributed by atoms with van der Waals surface area (Å²) in [6.45, 7) is 9.17.